The van der Waals surface area contributed by atoms with Crippen molar-refractivity contribution in [3.63, 3.8) is 0 Å². The van der Waals surface area contributed by atoms with Crippen LogP contribution in [-0.2, 0) is 13.1 Å². The number of likely N-dealkylation sites (N-methyl/N-ethyl adjacent to an activating group) is 1. The highest BCUT2D eigenvalue weighted by Crippen LogP contribution is 2.35. The molecule has 5 aromatic rings. The molecule has 0 saturated carbocycles. The topological polar surface area (TPSA) is 64.8 Å². The van der Waals surface area contributed by atoms with E-state index in [9.17, 15) is 4.79 Å². The van der Waals surface area contributed by atoms with Gasteiger partial charge in [0.25, 0.3) is 5.91 Å². The van der Waals surface area contributed by atoms with E-state index in [1.54, 1.807) is 11.8 Å². The van der Waals surface area contributed by atoms with E-state index in [4.69, 9.17) is 14.5 Å². The number of fused-ring (bicyclic) bond motifs is 2. The smallest absolute Gasteiger partial charge is 0.256 e. The summed E-state index contributed by atoms with van der Waals surface area (Å²) in [7, 11) is 2.11. The van der Waals surface area contributed by atoms with Gasteiger partial charge in [0.1, 0.15) is 0 Å². The van der Waals surface area contributed by atoms with Crippen LogP contribution >= 0.6 is 11.8 Å². The zero-order chi connectivity index (χ0) is 28.6. The molecule has 7 rings (SSSR count). The number of amides is 1. The predicted octanol–water partition coefficient (Wildman–Crippen LogP) is 5.44. The fourth-order valence-corrected chi connectivity index (χ4v) is 6.44. The third kappa shape index (κ3) is 5.03. The number of hydrogen-bond donors (Lipinski definition) is 0. The molecule has 0 unspecified atom stereocenters. The zero-order valence-corrected chi connectivity index (χ0v) is 24.6. The monoisotopic (exact) mass is 579 g/mol. The van der Waals surface area contributed by atoms with Gasteiger partial charge in [-0.25, -0.2) is 4.98 Å². The maximum atomic E-state index is 14.0. The van der Waals surface area contributed by atoms with Gasteiger partial charge in [-0.15, -0.1) is 0 Å². The van der Waals surface area contributed by atoms with E-state index in [1.165, 1.54) is 0 Å². The maximum Gasteiger partial charge on any atom is 0.256 e. The Morgan fingerprint density at radius 2 is 1.71 bits per heavy atom. The summed E-state index contributed by atoms with van der Waals surface area (Å²) in [6.45, 7) is 4.73. The van der Waals surface area contributed by atoms with Gasteiger partial charge in [0.2, 0.25) is 6.79 Å². The molecule has 0 N–H and O–H groups in total. The predicted molar refractivity (Wildman–Crippen MR) is 166 cm³/mol. The number of benzene rings is 3. The van der Waals surface area contributed by atoms with Crippen LogP contribution in [0.3, 0.4) is 0 Å². The molecule has 2 aromatic heterocycles. The van der Waals surface area contributed by atoms with Crippen LogP contribution in [0.1, 0.15) is 21.6 Å². The van der Waals surface area contributed by atoms with Crippen molar-refractivity contribution in [2.45, 2.75) is 18.2 Å². The molecule has 0 atom stereocenters. The molecule has 9 heteroatoms. The van der Waals surface area contributed by atoms with E-state index in [2.05, 4.69) is 75.8 Å². The van der Waals surface area contributed by atoms with E-state index < -0.39 is 0 Å². The Morgan fingerprint density at radius 1 is 0.905 bits per heavy atom. The third-order valence-electron chi connectivity index (χ3n) is 8.19. The summed E-state index contributed by atoms with van der Waals surface area (Å²) in [6.07, 6.45) is 8.14. The lowest BCUT2D eigenvalue weighted by Crippen LogP contribution is -2.47. The molecule has 3 aromatic carbocycles. The van der Waals surface area contributed by atoms with Gasteiger partial charge >= 0.3 is 0 Å². The van der Waals surface area contributed by atoms with Gasteiger partial charge in [0.05, 0.1) is 30.5 Å². The first-order valence-corrected chi connectivity index (χ1v) is 15.4. The molecule has 8 nitrogen and oxygen atoms in total. The summed E-state index contributed by atoms with van der Waals surface area (Å²) in [5.74, 6) is 1.64. The number of piperazine rings is 1. The second-order valence-electron chi connectivity index (χ2n) is 10.9. The van der Waals surface area contributed by atoms with Crippen LogP contribution in [0.25, 0.3) is 21.9 Å². The molecule has 2 aliphatic heterocycles. The normalized spacial score (nSPS) is 15.0. The molecule has 4 heterocycles. The first-order valence-electron chi connectivity index (χ1n) is 14.2. The van der Waals surface area contributed by atoms with Crippen LogP contribution in [0.4, 0.5) is 0 Å². The summed E-state index contributed by atoms with van der Waals surface area (Å²) in [6, 6.07) is 20.8. The number of thioether (sulfide) groups is 1. The molecular weight excluding hydrogens is 546 g/mol. The molecule has 1 saturated heterocycles. The number of carbonyl (C=O) groups excluding carboxylic acids is 1. The molecular formula is C33H33N5O3S. The highest BCUT2D eigenvalue weighted by Gasteiger charge is 2.25. The second-order valence-corrected chi connectivity index (χ2v) is 11.7. The van der Waals surface area contributed by atoms with Crippen molar-refractivity contribution in [3.8, 4) is 22.6 Å². The fourth-order valence-electron chi connectivity index (χ4n) is 5.88. The Hall–Kier alpha value is -4.21. The average molecular weight is 580 g/mol. The van der Waals surface area contributed by atoms with Gasteiger partial charge < -0.3 is 28.4 Å². The number of rotatable bonds is 7. The molecule has 0 bridgehead atoms. The van der Waals surface area contributed by atoms with Gasteiger partial charge in [-0.1, -0.05) is 60.3 Å². The van der Waals surface area contributed by atoms with E-state index in [1.807, 2.05) is 35.7 Å². The zero-order valence-electron chi connectivity index (χ0n) is 23.8. The highest BCUT2D eigenvalue weighted by molar-refractivity contribution is 7.98. The van der Waals surface area contributed by atoms with Crippen molar-refractivity contribution in [2.75, 3.05) is 46.3 Å². The molecule has 2 aliphatic rings. The average Bonchev–Trinajstić information content (AvgIpc) is 3.76. The molecule has 0 aliphatic carbocycles. The van der Waals surface area contributed by atoms with Crippen LogP contribution in [0, 0.1) is 0 Å². The number of ether oxygens (including phenoxy) is 2. The first-order chi connectivity index (χ1) is 20.6. The van der Waals surface area contributed by atoms with Crippen LogP contribution in [-0.4, -0.2) is 76.1 Å². The Morgan fingerprint density at radius 3 is 2.57 bits per heavy atom. The Balaban J connectivity index is 1.26. The van der Waals surface area contributed by atoms with Crippen molar-refractivity contribution in [1.82, 2.24) is 23.9 Å². The Bertz CT molecular complexity index is 1760. The lowest BCUT2D eigenvalue weighted by Gasteiger charge is -2.32. The molecule has 42 heavy (non-hydrogen) atoms. The van der Waals surface area contributed by atoms with E-state index in [0.717, 1.165) is 81.6 Å². The minimum atomic E-state index is 0.0865. The molecule has 214 valence electrons. The summed E-state index contributed by atoms with van der Waals surface area (Å²) < 4.78 is 15.5. The second kappa shape index (κ2) is 11.2. The minimum absolute atomic E-state index is 0.0865. The molecule has 0 radical (unpaired) electrons. The number of aromatic nitrogens is 3. The lowest BCUT2D eigenvalue weighted by atomic mass is 9.97. The summed E-state index contributed by atoms with van der Waals surface area (Å²) in [5.41, 5.74) is 4.95. The maximum absolute atomic E-state index is 14.0. The summed E-state index contributed by atoms with van der Waals surface area (Å²) in [4.78, 5) is 23.0. The van der Waals surface area contributed by atoms with Crippen LogP contribution in [0.5, 0.6) is 11.5 Å². The van der Waals surface area contributed by atoms with Crippen molar-refractivity contribution in [1.29, 1.82) is 0 Å². The van der Waals surface area contributed by atoms with Gasteiger partial charge in [-0.3, -0.25) is 4.79 Å². The standard InChI is InChI=1S/C33H33N5O3S/c1-35-12-14-37(15-13-35)32(39)29-21-36(20-28(29)27-9-5-7-24-6-3-4-8-26(24)27)19-25-17-34-33(42-2)38(25)18-23-10-11-30-31(16-23)41-22-40-30/h3-11,16-17,20-21H,12-15,18-19,22H2,1-2H3. The first kappa shape index (κ1) is 26.7. The lowest BCUT2D eigenvalue weighted by molar-refractivity contribution is 0.0665. The molecule has 1 amide bonds. The van der Waals surface area contributed by atoms with Crippen LogP contribution in [0.15, 0.2) is 84.4 Å². The Kier molecular flexibility index (Phi) is 7.13. The largest absolute Gasteiger partial charge is 0.454 e. The van der Waals surface area contributed by atoms with Crippen LogP contribution in [0.2, 0.25) is 0 Å². The van der Waals surface area contributed by atoms with E-state index in [-0.39, 0.29) is 12.7 Å². The van der Waals surface area contributed by atoms with Gasteiger partial charge in [-0.05, 0) is 47.3 Å². The molecule has 1 fully saturated rings. The van der Waals surface area contributed by atoms with Crippen molar-refractivity contribution in [3.05, 3.63) is 96.1 Å². The SMILES string of the molecule is CSc1ncc(Cn2cc(C(=O)N3CCN(C)CC3)c(-c3cccc4ccccc34)c2)n1Cc1ccc2c(c1)OCO2. The highest BCUT2D eigenvalue weighted by atomic mass is 32.2. The minimum Gasteiger partial charge on any atom is -0.454 e. The summed E-state index contributed by atoms with van der Waals surface area (Å²) in [5, 5.41) is 3.24. The van der Waals surface area contributed by atoms with E-state index >= 15 is 0 Å². The number of carbonyl (C=O) groups is 1. The van der Waals surface area contributed by atoms with Crippen molar-refractivity contribution >= 4 is 28.4 Å². The number of hydrogen-bond acceptors (Lipinski definition) is 6. The summed E-state index contributed by atoms with van der Waals surface area (Å²) >= 11 is 1.62. The van der Waals surface area contributed by atoms with Crippen LogP contribution < -0.4 is 9.47 Å². The number of imidazole rings is 1. The fraction of sp³-hybridized carbons (Fsp3) is 0.273. The van der Waals surface area contributed by atoms with Crippen molar-refractivity contribution < 1.29 is 14.3 Å². The number of nitrogens with zero attached hydrogens (tertiary/aromatic N) is 5. The van der Waals surface area contributed by atoms with Gasteiger partial charge in [0.15, 0.2) is 16.7 Å². The van der Waals surface area contributed by atoms with E-state index in [0.29, 0.717) is 13.1 Å². The van der Waals surface area contributed by atoms with Crippen molar-refractivity contribution in [2.24, 2.45) is 0 Å². The molecule has 0 spiro atoms. The van der Waals surface area contributed by atoms with Gasteiger partial charge in [-0.2, -0.15) is 0 Å². The third-order valence-corrected chi connectivity index (χ3v) is 8.88. The Labute approximate surface area is 249 Å². The quantitative estimate of drug-likeness (QED) is 0.239. The van der Waals surface area contributed by atoms with Gasteiger partial charge in [0, 0.05) is 44.1 Å².